The van der Waals surface area contributed by atoms with Gasteiger partial charge in [-0.1, -0.05) is 0 Å². The zero-order valence-corrected chi connectivity index (χ0v) is 17.4. The Labute approximate surface area is 169 Å². The number of aryl methyl sites for hydroxylation is 1. The Morgan fingerprint density at radius 2 is 2.31 bits per heavy atom. The molecule has 0 aromatic carbocycles. The monoisotopic (exact) mass is 415 g/mol. The molecule has 4 rings (SSSR count). The summed E-state index contributed by atoms with van der Waals surface area (Å²) in [5, 5.41) is 3.76. The number of aromatic nitrogens is 5. The van der Waals surface area contributed by atoms with E-state index in [1.165, 1.54) is 0 Å². The highest BCUT2D eigenvalue weighted by atomic mass is 32.2. The van der Waals surface area contributed by atoms with Crippen molar-refractivity contribution in [2.75, 3.05) is 30.5 Å². The normalized spacial score (nSPS) is 18.2. The third-order valence-corrected chi connectivity index (χ3v) is 6.32. The fourth-order valence-corrected chi connectivity index (χ4v) is 4.17. The summed E-state index contributed by atoms with van der Waals surface area (Å²) in [7, 11) is -0.0829. The van der Waals surface area contributed by atoms with Crippen LogP contribution in [-0.2, 0) is 22.5 Å². The van der Waals surface area contributed by atoms with Crippen LogP contribution in [0.15, 0.2) is 24.8 Å². The first-order valence-electron chi connectivity index (χ1n) is 9.47. The number of fused-ring (bicyclic) bond motifs is 2. The Morgan fingerprint density at radius 3 is 3.10 bits per heavy atom. The first-order valence-corrected chi connectivity index (χ1v) is 11.8. The average molecular weight is 416 g/mol. The van der Waals surface area contributed by atoms with E-state index in [2.05, 4.69) is 36.0 Å². The van der Waals surface area contributed by atoms with Gasteiger partial charge in [-0.2, -0.15) is 0 Å². The summed E-state index contributed by atoms with van der Waals surface area (Å²) in [6.45, 7) is 1.11. The van der Waals surface area contributed by atoms with Crippen molar-refractivity contribution in [3.05, 3.63) is 36.3 Å². The SMILES string of the molecule is C=S(C)(=O)CCNC(=O)c1cn2c(n1)CC(N(C)c1ncnc3[nH]ccc13)CC2. The Morgan fingerprint density at radius 1 is 1.48 bits per heavy atom. The molecule has 3 aromatic heterocycles. The van der Waals surface area contributed by atoms with Crippen LogP contribution in [0.3, 0.4) is 0 Å². The first-order chi connectivity index (χ1) is 13.8. The third kappa shape index (κ3) is 4.12. The van der Waals surface area contributed by atoms with Gasteiger partial charge >= 0.3 is 0 Å². The van der Waals surface area contributed by atoms with Crippen LogP contribution in [0.5, 0.6) is 0 Å². The van der Waals surface area contributed by atoms with E-state index >= 15 is 0 Å². The number of likely N-dealkylation sites (N-methyl/N-ethyl adjacent to an activating group) is 1. The number of hydrogen-bond acceptors (Lipinski definition) is 6. The molecule has 1 aliphatic rings. The quantitative estimate of drug-likeness (QED) is 0.573. The number of carbonyl (C=O) groups excluding carboxylic acids is 1. The smallest absolute Gasteiger partial charge is 0.271 e. The number of rotatable bonds is 6. The summed E-state index contributed by atoms with van der Waals surface area (Å²) < 4.78 is 13.7. The van der Waals surface area contributed by atoms with Gasteiger partial charge < -0.3 is 19.8 Å². The van der Waals surface area contributed by atoms with Crippen molar-refractivity contribution in [1.82, 2.24) is 29.8 Å². The maximum Gasteiger partial charge on any atom is 0.271 e. The van der Waals surface area contributed by atoms with Crippen LogP contribution < -0.4 is 10.2 Å². The second kappa shape index (κ2) is 7.51. The van der Waals surface area contributed by atoms with E-state index in [9.17, 15) is 9.00 Å². The topological polar surface area (TPSA) is 109 Å². The molecule has 9 nitrogen and oxygen atoms in total. The zero-order chi connectivity index (χ0) is 20.6. The second-order valence-electron chi connectivity index (χ2n) is 7.57. The lowest BCUT2D eigenvalue weighted by atomic mass is 10.0. The Kier molecular flexibility index (Phi) is 5.03. The molecule has 0 radical (unpaired) electrons. The minimum atomic E-state index is -2.12. The van der Waals surface area contributed by atoms with Gasteiger partial charge in [-0.3, -0.25) is 9.00 Å². The van der Waals surface area contributed by atoms with E-state index in [4.69, 9.17) is 0 Å². The van der Waals surface area contributed by atoms with Crippen LogP contribution in [0.1, 0.15) is 22.7 Å². The molecular formula is C19H25N7O2S. The molecule has 0 spiro atoms. The van der Waals surface area contributed by atoms with Crippen LogP contribution in [0.2, 0.25) is 0 Å². The van der Waals surface area contributed by atoms with Gasteiger partial charge in [0.1, 0.15) is 29.3 Å². The molecular weight excluding hydrogens is 390 g/mol. The lowest BCUT2D eigenvalue weighted by Gasteiger charge is -2.32. The average Bonchev–Trinajstić information content (AvgIpc) is 3.32. The molecule has 2 unspecified atom stereocenters. The van der Waals surface area contributed by atoms with Crippen LogP contribution in [0.4, 0.5) is 5.82 Å². The van der Waals surface area contributed by atoms with Crippen LogP contribution >= 0.6 is 0 Å². The van der Waals surface area contributed by atoms with Crippen molar-refractivity contribution in [2.45, 2.75) is 25.4 Å². The number of aromatic amines is 1. The Hall–Kier alpha value is -2.88. The summed E-state index contributed by atoms with van der Waals surface area (Å²) in [4.78, 5) is 30.9. The second-order valence-corrected chi connectivity index (χ2v) is 10.4. The van der Waals surface area contributed by atoms with E-state index in [-0.39, 0.29) is 11.9 Å². The van der Waals surface area contributed by atoms with Gasteiger partial charge in [-0.15, -0.1) is 0 Å². The molecule has 29 heavy (non-hydrogen) atoms. The fraction of sp³-hybridized carbons (Fsp3) is 0.421. The maximum atomic E-state index is 12.4. The molecule has 154 valence electrons. The van der Waals surface area contributed by atoms with Crippen molar-refractivity contribution in [3.8, 4) is 0 Å². The number of nitrogens with zero attached hydrogens (tertiary/aromatic N) is 5. The van der Waals surface area contributed by atoms with E-state index in [0.717, 1.165) is 42.1 Å². The molecule has 3 aromatic rings. The van der Waals surface area contributed by atoms with Gasteiger partial charge in [-0.05, 0) is 27.9 Å². The largest absolute Gasteiger partial charge is 0.356 e. The van der Waals surface area contributed by atoms with Crippen molar-refractivity contribution in [2.24, 2.45) is 0 Å². The van der Waals surface area contributed by atoms with E-state index < -0.39 is 9.52 Å². The third-order valence-electron chi connectivity index (χ3n) is 5.25. The van der Waals surface area contributed by atoms with E-state index in [1.807, 2.05) is 23.9 Å². The number of H-pyrrole nitrogens is 1. The predicted molar refractivity (Wildman–Crippen MR) is 115 cm³/mol. The van der Waals surface area contributed by atoms with Crippen LogP contribution in [0, 0.1) is 0 Å². The maximum absolute atomic E-state index is 12.4. The molecule has 0 aliphatic carbocycles. The molecule has 4 heterocycles. The lowest BCUT2D eigenvalue weighted by molar-refractivity contribution is 0.0951. The van der Waals surface area contributed by atoms with Gasteiger partial charge in [0, 0.05) is 57.0 Å². The van der Waals surface area contributed by atoms with Crippen LogP contribution in [0.25, 0.3) is 11.0 Å². The van der Waals surface area contributed by atoms with Crippen molar-refractivity contribution >= 4 is 38.2 Å². The number of carbonyl (C=O) groups is 1. The fourth-order valence-electron chi connectivity index (χ4n) is 3.64. The molecule has 0 bridgehead atoms. The molecule has 1 amide bonds. The standard InChI is InChI=1S/C19H25N7O2S/c1-25(18-14-4-6-20-17(14)22-12-23-18)13-5-8-26-11-15(24-16(26)10-13)19(27)21-7-9-29(2,3)28/h4,6,11-13H,2,5,7-10H2,1,3H3,(H,21,27)(H,20,22,23). The zero-order valence-electron chi connectivity index (χ0n) is 16.6. The molecule has 0 saturated heterocycles. The summed E-state index contributed by atoms with van der Waals surface area (Å²) in [5.74, 6) is 5.48. The number of amides is 1. The number of anilines is 1. The first kappa shape index (κ1) is 19.4. The number of nitrogens with one attached hydrogen (secondary N) is 2. The molecule has 2 atom stereocenters. The highest BCUT2D eigenvalue weighted by Gasteiger charge is 2.27. The van der Waals surface area contributed by atoms with Crippen molar-refractivity contribution < 1.29 is 9.00 Å². The summed E-state index contributed by atoms with van der Waals surface area (Å²) in [6.07, 6.45) is 8.46. The highest BCUT2D eigenvalue weighted by molar-refractivity contribution is 7.99. The molecule has 10 heteroatoms. The lowest BCUT2D eigenvalue weighted by Crippen LogP contribution is -2.38. The minimum absolute atomic E-state index is 0.227. The summed E-state index contributed by atoms with van der Waals surface area (Å²) in [6, 6.07) is 2.21. The van der Waals surface area contributed by atoms with Gasteiger partial charge in [0.05, 0.1) is 5.39 Å². The summed E-state index contributed by atoms with van der Waals surface area (Å²) in [5.41, 5.74) is 1.21. The van der Waals surface area contributed by atoms with Crippen LogP contribution in [-0.4, -0.2) is 72.1 Å². The highest BCUT2D eigenvalue weighted by Crippen LogP contribution is 2.27. The predicted octanol–water partition coefficient (Wildman–Crippen LogP) is 0.682. The number of imidazole rings is 1. The van der Waals surface area contributed by atoms with Crippen molar-refractivity contribution in [3.63, 3.8) is 0 Å². The number of hydrogen-bond donors (Lipinski definition) is 2. The Balaban J connectivity index is 1.46. The molecule has 0 saturated carbocycles. The van der Waals surface area contributed by atoms with E-state index in [0.29, 0.717) is 18.0 Å². The van der Waals surface area contributed by atoms with Gasteiger partial charge in [0.25, 0.3) is 5.91 Å². The van der Waals surface area contributed by atoms with Gasteiger partial charge in [0.2, 0.25) is 0 Å². The Bertz CT molecular complexity index is 1150. The minimum Gasteiger partial charge on any atom is -0.356 e. The van der Waals surface area contributed by atoms with Gasteiger partial charge in [-0.25, -0.2) is 15.0 Å². The van der Waals surface area contributed by atoms with Crippen molar-refractivity contribution in [1.29, 1.82) is 0 Å². The molecule has 1 aliphatic heterocycles. The molecule has 2 N–H and O–H groups in total. The summed E-state index contributed by atoms with van der Waals surface area (Å²) >= 11 is 0. The van der Waals surface area contributed by atoms with Gasteiger partial charge in [0.15, 0.2) is 0 Å². The van der Waals surface area contributed by atoms with E-state index in [1.54, 1.807) is 18.8 Å². The molecule has 0 fully saturated rings.